The molecule has 14 heavy (non-hydrogen) atoms. The summed E-state index contributed by atoms with van der Waals surface area (Å²) in [6, 6.07) is 6.62. The zero-order valence-electron chi connectivity index (χ0n) is 8.03. The minimum absolute atomic E-state index is 0.0748. The summed E-state index contributed by atoms with van der Waals surface area (Å²) in [5.41, 5.74) is 0.429. The Kier molecular flexibility index (Phi) is 3.73. The largest absolute Gasteiger partial charge is 0.506 e. The van der Waals surface area contributed by atoms with Gasteiger partial charge in [-0.25, -0.2) is 0 Å². The van der Waals surface area contributed by atoms with Crippen molar-refractivity contribution >= 4 is 11.6 Å². The molecule has 0 aliphatic heterocycles. The van der Waals surface area contributed by atoms with Gasteiger partial charge in [0, 0.05) is 0 Å². The number of rotatable bonds is 3. The lowest BCUT2D eigenvalue weighted by atomic mass is 10.3. The second-order valence-corrected chi connectivity index (χ2v) is 2.82. The molecule has 3 nitrogen and oxygen atoms in total. The Balaban J connectivity index is 2.65. The summed E-state index contributed by atoms with van der Waals surface area (Å²) in [5.74, 6) is -0.154. The Morgan fingerprint density at radius 1 is 1.50 bits per heavy atom. The average molecular weight is 191 g/mol. The number of nitrogens with one attached hydrogen (secondary N) is 1. The molecule has 74 valence electrons. The van der Waals surface area contributed by atoms with Crippen molar-refractivity contribution in [1.82, 2.24) is 0 Å². The van der Waals surface area contributed by atoms with Gasteiger partial charge in [0.05, 0.1) is 5.69 Å². The van der Waals surface area contributed by atoms with E-state index in [1.165, 1.54) is 12.1 Å². The van der Waals surface area contributed by atoms with Crippen LogP contribution in [0.1, 0.15) is 13.3 Å². The van der Waals surface area contributed by atoms with Crippen molar-refractivity contribution in [3.05, 3.63) is 36.4 Å². The van der Waals surface area contributed by atoms with Gasteiger partial charge < -0.3 is 10.4 Å². The molecule has 0 unspecified atom stereocenters. The molecular formula is C11H13NO2. The number of carbonyl (C=O) groups is 1. The van der Waals surface area contributed by atoms with Crippen LogP contribution in [0.3, 0.4) is 0 Å². The van der Waals surface area contributed by atoms with E-state index in [0.717, 1.165) is 6.42 Å². The van der Waals surface area contributed by atoms with Crippen molar-refractivity contribution in [2.75, 3.05) is 5.32 Å². The van der Waals surface area contributed by atoms with Crippen LogP contribution in [0, 0.1) is 0 Å². The molecule has 2 N–H and O–H groups in total. The molecule has 1 rings (SSSR count). The molecule has 0 bridgehead atoms. The Labute approximate surface area is 83.1 Å². The van der Waals surface area contributed by atoms with Crippen LogP contribution in [0.25, 0.3) is 0 Å². The molecule has 1 aromatic carbocycles. The van der Waals surface area contributed by atoms with Crippen molar-refractivity contribution in [3.8, 4) is 5.75 Å². The van der Waals surface area contributed by atoms with E-state index in [1.54, 1.807) is 24.3 Å². The summed E-state index contributed by atoms with van der Waals surface area (Å²) < 4.78 is 0. The number of phenols is 1. The number of hydrogen-bond acceptors (Lipinski definition) is 2. The van der Waals surface area contributed by atoms with Crippen molar-refractivity contribution in [2.45, 2.75) is 13.3 Å². The number of amides is 1. The number of anilines is 1. The lowest BCUT2D eigenvalue weighted by Gasteiger charge is -2.03. The molecule has 1 amide bonds. The molecule has 1 aromatic rings. The summed E-state index contributed by atoms with van der Waals surface area (Å²) in [6.07, 6.45) is 4.02. The Bertz CT molecular complexity index is 345. The van der Waals surface area contributed by atoms with Crippen LogP contribution in [0.15, 0.2) is 36.4 Å². The molecule has 0 heterocycles. The Morgan fingerprint density at radius 2 is 2.21 bits per heavy atom. The van der Waals surface area contributed by atoms with Gasteiger partial charge in [0.25, 0.3) is 0 Å². The van der Waals surface area contributed by atoms with E-state index in [4.69, 9.17) is 0 Å². The van der Waals surface area contributed by atoms with Crippen LogP contribution in [0.4, 0.5) is 5.69 Å². The van der Waals surface area contributed by atoms with Crippen LogP contribution in [-0.4, -0.2) is 11.0 Å². The molecule has 3 heteroatoms. The van der Waals surface area contributed by atoms with E-state index in [0.29, 0.717) is 5.69 Å². The first-order valence-electron chi connectivity index (χ1n) is 4.49. The Hall–Kier alpha value is -1.77. The summed E-state index contributed by atoms with van der Waals surface area (Å²) in [7, 11) is 0. The fourth-order valence-electron chi connectivity index (χ4n) is 0.979. The molecular weight excluding hydrogens is 178 g/mol. The lowest BCUT2D eigenvalue weighted by Crippen LogP contribution is -2.07. The zero-order chi connectivity index (χ0) is 10.4. The highest BCUT2D eigenvalue weighted by Crippen LogP contribution is 2.21. The van der Waals surface area contributed by atoms with Crippen LogP contribution in [-0.2, 0) is 4.79 Å². The standard InChI is InChI=1S/C11H13NO2/c1-2-3-8-11(14)12-9-6-4-5-7-10(9)13/h3-8,13H,2H2,1H3,(H,12,14)/b8-3+. The number of para-hydroxylation sites is 2. The van der Waals surface area contributed by atoms with Crippen molar-refractivity contribution in [1.29, 1.82) is 0 Å². The summed E-state index contributed by atoms with van der Waals surface area (Å²) in [4.78, 5) is 11.2. The molecule has 0 radical (unpaired) electrons. The molecule has 0 aromatic heterocycles. The predicted octanol–water partition coefficient (Wildman–Crippen LogP) is 2.30. The van der Waals surface area contributed by atoms with Crippen LogP contribution < -0.4 is 5.32 Å². The fraction of sp³-hybridized carbons (Fsp3) is 0.182. The number of carbonyl (C=O) groups excluding carboxylic acids is 1. The third kappa shape index (κ3) is 2.94. The van der Waals surface area contributed by atoms with E-state index >= 15 is 0 Å². The number of phenolic OH excluding ortho intramolecular Hbond substituents is 1. The first-order chi connectivity index (χ1) is 6.74. The van der Waals surface area contributed by atoms with Gasteiger partial charge in [0.2, 0.25) is 5.91 Å². The van der Waals surface area contributed by atoms with Gasteiger partial charge in [0.15, 0.2) is 0 Å². The molecule has 0 fully saturated rings. The molecule has 0 saturated heterocycles. The highest BCUT2D eigenvalue weighted by atomic mass is 16.3. The van der Waals surface area contributed by atoms with Gasteiger partial charge >= 0.3 is 0 Å². The van der Waals surface area contributed by atoms with E-state index in [9.17, 15) is 9.90 Å². The zero-order valence-corrected chi connectivity index (χ0v) is 8.03. The summed E-state index contributed by atoms with van der Waals surface area (Å²) in [6.45, 7) is 1.95. The maximum absolute atomic E-state index is 11.2. The van der Waals surface area contributed by atoms with E-state index in [1.807, 2.05) is 6.92 Å². The summed E-state index contributed by atoms with van der Waals surface area (Å²) >= 11 is 0. The molecule has 0 spiro atoms. The number of allylic oxidation sites excluding steroid dienone is 1. The number of hydrogen-bond donors (Lipinski definition) is 2. The van der Waals surface area contributed by atoms with Gasteiger partial charge in [-0.2, -0.15) is 0 Å². The first-order valence-corrected chi connectivity index (χ1v) is 4.49. The Morgan fingerprint density at radius 3 is 2.86 bits per heavy atom. The van der Waals surface area contributed by atoms with Crippen molar-refractivity contribution < 1.29 is 9.90 Å². The van der Waals surface area contributed by atoms with Crippen LogP contribution in [0.2, 0.25) is 0 Å². The number of benzene rings is 1. The highest BCUT2D eigenvalue weighted by molar-refractivity contribution is 6.00. The predicted molar refractivity (Wildman–Crippen MR) is 56.2 cm³/mol. The van der Waals surface area contributed by atoms with Gasteiger partial charge in [-0.05, 0) is 24.6 Å². The molecule has 0 atom stereocenters. The van der Waals surface area contributed by atoms with Gasteiger partial charge in [-0.15, -0.1) is 0 Å². The summed E-state index contributed by atoms with van der Waals surface area (Å²) in [5, 5.41) is 11.9. The quantitative estimate of drug-likeness (QED) is 0.569. The number of aromatic hydroxyl groups is 1. The fourth-order valence-corrected chi connectivity index (χ4v) is 0.979. The van der Waals surface area contributed by atoms with Gasteiger partial charge in [-0.1, -0.05) is 25.1 Å². The van der Waals surface area contributed by atoms with Gasteiger partial charge in [-0.3, -0.25) is 4.79 Å². The van der Waals surface area contributed by atoms with E-state index in [-0.39, 0.29) is 11.7 Å². The van der Waals surface area contributed by atoms with Crippen molar-refractivity contribution in [3.63, 3.8) is 0 Å². The maximum Gasteiger partial charge on any atom is 0.248 e. The van der Waals surface area contributed by atoms with E-state index < -0.39 is 0 Å². The van der Waals surface area contributed by atoms with Crippen molar-refractivity contribution in [2.24, 2.45) is 0 Å². The van der Waals surface area contributed by atoms with Crippen LogP contribution >= 0.6 is 0 Å². The third-order valence-electron chi connectivity index (χ3n) is 1.67. The molecule has 0 saturated carbocycles. The molecule has 0 aliphatic rings. The SMILES string of the molecule is CC/C=C/C(=O)Nc1ccccc1O. The van der Waals surface area contributed by atoms with Gasteiger partial charge in [0.1, 0.15) is 5.75 Å². The van der Waals surface area contributed by atoms with E-state index in [2.05, 4.69) is 5.32 Å². The topological polar surface area (TPSA) is 49.3 Å². The lowest BCUT2D eigenvalue weighted by molar-refractivity contribution is -0.111. The van der Waals surface area contributed by atoms with Crippen LogP contribution in [0.5, 0.6) is 5.75 Å². The second-order valence-electron chi connectivity index (χ2n) is 2.82. The maximum atomic E-state index is 11.2. The third-order valence-corrected chi connectivity index (χ3v) is 1.67. The normalized spacial score (nSPS) is 10.4. The minimum Gasteiger partial charge on any atom is -0.506 e. The smallest absolute Gasteiger partial charge is 0.248 e. The molecule has 0 aliphatic carbocycles. The average Bonchev–Trinajstić information content (AvgIpc) is 2.18. The first kappa shape index (κ1) is 10.3. The monoisotopic (exact) mass is 191 g/mol. The second kappa shape index (κ2) is 5.07. The highest BCUT2D eigenvalue weighted by Gasteiger charge is 2.01. The minimum atomic E-state index is -0.228.